The second-order valence-corrected chi connectivity index (χ2v) is 15.5. The maximum absolute atomic E-state index is 5.33. The summed E-state index contributed by atoms with van der Waals surface area (Å²) in [6, 6.07) is 69.0. The smallest absolute Gasteiger partial charge is 0.0719 e. The molecular formula is C54H41N. The van der Waals surface area contributed by atoms with Gasteiger partial charge in [-0.3, -0.25) is 4.99 Å². The van der Waals surface area contributed by atoms with Crippen molar-refractivity contribution in [1.82, 2.24) is 0 Å². The molecule has 0 aliphatic heterocycles. The molecule has 0 fully saturated rings. The first-order chi connectivity index (χ1) is 27.0. The number of hydrogen-bond acceptors (Lipinski definition) is 1. The molecule has 0 bridgehead atoms. The average molecular weight is 704 g/mol. The molecule has 2 aliphatic carbocycles. The van der Waals surface area contributed by atoms with Crippen LogP contribution in [-0.2, 0) is 17.3 Å². The van der Waals surface area contributed by atoms with E-state index >= 15 is 0 Å². The van der Waals surface area contributed by atoms with Crippen LogP contribution in [0.3, 0.4) is 0 Å². The normalized spacial score (nSPS) is 14.8. The fraction of sp³-hybridized carbons (Fsp3) is 0.0926. The highest BCUT2D eigenvalue weighted by Gasteiger charge is 2.53. The Morgan fingerprint density at radius 3 is 1.80 bits per heavy atom. The van der Waals surface area contributed by atoms with Crippen molar-refractivity contribution < 1.29 is 0 Å². The highest BCUT2D eigenvalue weighted by molar-refractivity contribution is 6.01. The molecule has 0 N–H and O–H groups in total. The second kappa shape index (κ2) is 13.1. The van der Waals surface area contributed by atoms with Crippen LogP contribution >= 0.6 is 0 Å². The van der Waals surface area contributed by atoms with Gasteiger partial charge < -0.3 is 0 Å². The van der Waals surface area contributed by atoms with Gasteiger partial charge in [0.25, 0.3) is 0 Å². The van der Waals surface area contributed by atoms with Crippen LogP contribution in [0.15, 0.2) is 199 Å². The van der Waals surface area contributed by atoms with Crippen LogP contribution in [-0.4, -0.2) is 6.21 Å². The fourth-order valence-electron chi connectivity index (χ4n) is 9.46. The molecule has 1 heteroatoms. The van der Waals surface area contributed by atoms with Crippen molar-refractivity contribution >= 4 is 22.7 Å². The number of benzene rings is 8. The molecule has 262 valence electrons. The third kappa shape index (κ3) is 5.26. The maximum atomic E-state index is 5.33. The molecule has 55 heavy (non-hydrogen) atoms. The summed E-state index contributed by atoms with van der Waals surface area (Å²) in [4.78, 5) is 5.33. The van der Waals surface area contributed by atoms with Gasteiger partial charge in [0.1, 0.15) is 0 Å². The average Bonchev–Trinajstić information content (AvgIpc) is 3.54. The summed E-state index contributed by atoms with van der Waals surface area (Å²) in [5.41, 5.74) is 16.9. The number of nitrogens with zero attached hydrogens (tertiary/aromatic N) is 1. The van der Waals surface area contributed by atoms with Gasteiger partial charge in [0, 0.05) is 17.2 Å². The predicted octanol–water partition coefficient (Wildman–Crippen LogP) is 13.2. The van der Waals surface area contributed by atoms with E-state index in [9.17, 15) is 0 Å². The Labute approximate surface area is 324 Å². The zero-order chi connectivity index (χ0) is 37.0. The monoisotopic (exact) mass is 703 g/mol. The number of allylic oxidation sites excluding steroid dienone is 1. The number of rotatable bonds is 6. The van der Waals surface area contributed by atoms with Crippen molar-refractivity contribution in [2.24, 2.45) is 4.99 Å². The van der Waals surface area contributed by atoms with Gasteiger partial charge in [0.15, 0.2) is 0 Å². The number of aliphatic imine (C=N–C) groups is 1. The Kier molecular flexibility index (Phi) is 7.85. The molecule has 0 aromatic heterocycles. The minimum atomic E-state index is -0.482. The molecular weight excluding hydrogens is 663 g/mol. The lowest BCUT2D eigenvalue weighted by Crippen LogP contribution is -2.40. The lowest BCUT2D eigenvalue weighted by Gasteiger charge is -2.46. The molecule has 0 radical (unpaired) electrons. The summed E-state index contributed by atoms with van der Waals surface area (Å²) in [6.45, 7) is 4.76. The van der Waals surface area contributed by atoms with E-state index < -0.39 is 5.41 Å². The third-order valence-electron chi connectivity index (χ3n) is 12.1. The van der Waals surface area contributed by atoms with E-state index in [-0.39, 0.29) is 5.41 Å². The molecule has 0 saturated carbocycles. The molecule has 8 aromatic rings. The van der Waals surface area contributed by atoms with Crippen molar-refractivity contribution in [3.63, 3.8) is 0 Å². The van der Waals surface area contributed by atoms with Crippen LogP contribution in [0.2, 0.25) is 0 Å². The number of hydrogen-bond donors (Lipinski definition) is 0. The van der Waals surface area contributed by atoms with Gasteiger partial charge in [-0.15, -0.1) is 0 Å². The van der Waals surface area contributed by atoms with Crippen molar-refractivity contribution in [2.75, 3.05) is 0 Å². The van der Waals surface area contributed by atoms with Crippen molar-refractivity contribution in [3.05, 3.63) is 244 Å². The first kappa shape index (κ1) is 33.0. The van der Waals surface area contributed by atoms with Crippen molar-refractivity contribution in [3.8, 4) is 22.3 Å². The topological polar surface area (TPSA) is 12.4 Å². The van der Waals surface area contributed by atoms with Gasteiger partial charge in [0.2, 0.25) is 0 Å². The fourth-order valence-corrected chi connectivity index (χ4v) is 9.46. The zero-order valence-electron chi connectivity index (χ0n) is 31.2. The van der Waals surface area contributed by atoms with Crippen LogP contribution in [0.1, 0.15) is 63.9 Å². The highest BCUT2D eigenvalue weighted by Crippen LogP contribution is 2.62. The lowest BCUT2D eigenvalue weighted by atomic mass is 9.55. The zero-order valence-corrected chi connectivity index (χ0v) is 31.2. The van der Waals surface area contributed by atoms with E-state index in [0.29, 0.717) is 0 Å². The summed E-state index contributed by atoms with van der Waals surface area (Å²) in [5.74, 6) is 0. The minimum Gasteiger partial charge on any atom is -0.256 e. The SMILES string of the molecule is CC1(C)c2ccccc2C2(c3ccc(-c4ccc5ccccc5c4)cc3-c3c(C=N/C(=C\Cc4ccccc4)c4ccccc4)cccc32)c2ccccc21. The number of fused-ring (bicyclic) bond motifs is 10. The van der Waals surface area contributed by atoms with E-state index in [4.69, 9.17) is 4.99 Å². The second-order valence-electron chi connectivity index (χ2n) is 15.5. The van der Waals surface area contributed by atoms with E-state index in [2.05, 4.69) is 214 Å². The maximum Gasteiger partial charge on any atom is 0.0719 e. The Bertz CT molecular complexity index is 2750. The quantitative estimate of drug-likeness (QED) is 0.153. The third-order valence-corrected chi connectivity index (χ3v) is 12.1. The van der Waals surface area contributed by atoms with Crippen molar-refractivity contribution in [2.45, 2.75) is 31.1 Å². The summed E-state index contributed by atoms with van der Waals surface area (Å²) in [7, 11) is 0. The van der Waals surface area contributed by atoms with E-state index in [1.807, 2.05) is 0 Å². The molecule has 0 saturated heterocycles. The molecule has 2 aliphatic rings. The Hall–Kier alpha value is -6.57. The molecule has 0 atom stereocenters. The van der Waals surface area contributed by atoms with Gasteiger partial charge in [0.05, 0.1) is 11.1 Å². The first-order valence-electron chi connectivity index (χ1n) is 19.3. The van der Waals surface area contributed by atoms with Gasteiger partial charge in [-0.05, 0) is 96.1 Å². The lowest BCUT2D eigenvalue weighted by molar-refractivity contribution is 0.563. The highest BCUT2D eigenvalue weighted by atomic mass is 14.7. The molecule has 0 unspecified atom stereocenters. The summed E-state index contributed by atoms with van der Waals surface area (Å²) in [6.07, 6.45) is 5.17. The summed E-state index contributed by atoms with van der Waals surface area (Å²) >= 11 is 0. The van der Waals surface area contributed by atoms with Crippen LogP contribution in [0, 0.1) is 0 Å². The summed E-state index contributed by atoms with van der Waals surface area (Å²) in [5, 5.41) is 2.50. The molecule has 1 nitrogen and oxygen atoms in total. The Balaban J connectivity index is 1.22. The largest absolute Gasteiger partial charge is 0.256 e. The Morgan fingerprint density at radius 1 is 0.491 bits per heavy atom. The molecule has 1 spiro atoms. The van der Waals surface area contributed by atoms with Crippen LogP contribution in [0.5, 0.6) is 0 Å². The predicted molar refractivity (Wildman–Crippen MR) is 231 cm³/mol. The molecule has 0 amide bonds. The van der Waals surface area contributed by atoms with Crippen LogP contribution < -0.4 is 0 Å². The van der Waals surface area contributed by atoms with Crippen LogP contribution in [0.25, 0.3) is 38.7 Å². The molecule has 0 heterocycles. The van der Waals surface area contributed by atoms with E-state index in [1.54, 1.807) is 0 Å². The first-order valence-corrected chi connectivity index (χ1v) is 19.3. The van der Waals surface area contributed by atoms with Gasteiger partial charge in [-0.25, -0.2) is 0 Å². The Morgan fingerprint density at radius 2 is 1.07 bits per heavy atom. The summed E-state index contributed by atoms with van der Waals surface area (Å²) < 4.78 is 0. The van der Waals surface area contributed by atoms with E-state index in [0.717, 1.165) is 23.2 Å². The van der Waals surface area contributed by atoms with Crippen molar-refractivity contribution in [1.29, 1.82) is 0 Å². The van der Waals surface area contributed by atoms with Gasteiger partial charge in [-0.1, -0.05) is 196 Å². The minimum absolute atomic E-state index is 0.153. The van der Waals surface area contributed by atoms with E-state index in [1.165, 1.54) is 72.0 Å². The molecule has 10 rings (SSSR count). The standard InChI is InChI=1S/C54H41N/c1-53(2)46-23-11-13-25-48(46)54(49-26-14-12-24-47(49)53)45-32-31-42(41-30-29-38-18-9-10-21-40(38)34-41)35-44(45)52-43(22-15-27-50(52)54)36-55-51(39-19-7-4-8-20-39)33-28-37-16-5-3-6-17-37/h3-27,29-36H,28H2,1-2H3/b51-33-,55-36?. The van der Waals surface area contributed by atoms with Gasteiger partial charge >= 0.3 is 0 Å². The van der Waals surface area contributed by atoms with Gasteiger partial charge in [-0.2, -0.15) is 0 Å². The van der Waals surface area contributed by atoms with Crippen LogP contribution in [0.4, 0.5) is 0 Å². The molecule has 8 aromatic carbocycles.